The summed E-state index contributed by atoms with van der Waals surface area (Å²) >= 11 is 1.94. The summed E-state index contributed by atoms with van der Waals surface area (Å²) in [6.45, 7) is 8.96. The lowest BCUT2D eigenvalue weighted by Crippen LogP contribution is -2.26. The molecule has 18 heavy (non-hydrogen) atoms. The number of rotatable bonds is 8. The summed E-state index contributed by atoms with van der Waals surface area (Å²) in [6, 6.07) is 8.81. The fourth-order valence-electron chi connectivity index (χ4n) is 2.22. The van der Waals surface area contributed by atoms with Crippen molar-refractivity contribution in [3.8, 4) is 0 Å². The molecule has 102 valence electrons. The standard InChI is InChI=1S/C16H27NS/c1-13(2)11-17-12-15(9-10-18-4)16-8-6-5-7-14(16)3/h5-8,13,15,17H,9-12H2,1-4H3. The summed E-state index contributed by atoms with van der Waals surface area (Å²) in [5.74, 6) is 2.61. The van der Waals surface area contributed by atoms with Gasteiger partial charge in [0.25, 0.3) is 0 Å². The Labute approximate surface area is 117 Å². The molecule has 1 aromatic carbocycles. The molecule has 0 amide bonds. The molecule has 1 aromatic rings. The zero-order chi connectivity index (χ0) is 13.4. The van der Waals surface area contributed by atoms with E-state index in [9.17, 15) is 0 Å². The van der Waals surface area contributed by atoms with Gasteiger partial charge in [-0.3, -0.25) is 0 Å². The van der Waals surface area contributed by atoms with E-state index in [1.807, 2.05) is 11.8 Å². The first-order valence-electron chi connectivity index (χ1n) is 6.90. The third kappa shape index (κ3) is 5.45. The third-order valence-electron chi connectivity index (χ3n) is 3.24. The van der Waals surface area contributed by atoms with E-state index in [1.165, 1.54) is 23.3 Å². The average Bonchev–Trinajstić information content (AvgIpc) is 2.34. The number of aryl methyl sites for hydroxylation is 1. The number of hydrogen-bond donors (Lipinski definition) is 1. The van der Waals surface area contributed by atoms with E-state index in [0.29, 0.717) is 5.92 Å². The van der Waals surface area contributed by atoms with Gasteiger partial charge in [-0.25, -0.2) is 0 Å². The van der Waals surface area contributed by atoms with Crippen LogP contribution in [-0.4, -0.2) is 25.1 Å². The van der Waals surface area contributed by atoms with Gasteiger partial charge in [0.2, 0.25) is 0 Å². The van der Waals surface area contributed by atoms with Crippen molar-refractivity contribution < 1.29 is 0 Å². The number of benzene rings is 1. The van der Waals surface area contributed by atoms with Crippen LogP contribution in [0.5, 0.6) is 0 Å². The van der Waals surface area contributed by atoms with Crippen molar-refractivity contribution in [3.63, 3.8) is 0 Å². The third-order valence-corrected chi connectivity index (χ3v) is 3.89. The normalized spacial score (nSPS) is 12.9. The SMILES string of the molecule is CSCCC(CNCC(C)C)c1ccccc1C. The van der Waals surface area contributed by atoms with E-state index < -0.39 is 0 Å². The van der Waals surface area contributed by atoms with Crippen molar-refractivity contribution in [1.82, 2.24) is 5.32 Å². The van der Waals surface area contributed by atoms with Gasteiger partial charge in [0, 0.05) is 6.54 Å². The topological polar surface area (TPSA) is 12.0 Å². The minimum Gasteiger partial charge on any atom is -0.316 e. The van der Waals surface area contributed by atoms with Gasteiger partial charge < -0.3 is 5.32 Å². The summed E-state index contributed by atoms with van der Waals surface area (Å²) < 4.78 is 0. The van der Waals surface area contributed by atoms with Crippen molar-refractivity contribution in [1.29, 1.82) is 0 Å². The monoisotopic (exact) mass is 265 g/mol. The van der Waals surface area contributed by atoms with Crippen LogP contribution in [0.1, 0.15) is 37.3 Å². The zero-order valence-electron chi connectivity index (χ0n) is 12.2. The molecule has 0 aromatic heterocycles. The van der Waals surface area contributed by atoms with E-state index in [1.54, 1.807) is 0 Å². The summed E-state index contributed by atoms with van der Waals surface area (Å²) in [6.07, 6.45) is 3.45. The largest absolute Gasteiger partial charge is 0.316 e. The summed E-state index contributed by atoms with van der Waals surface area (Å²) in [7, 11) is 0. The number of thioether (sulfide) groups is 1. The Morgan fingerprint density at radius 3 is 2.50 bits per heavy atom. The van der Waals surface area contributed by atoms with Crippen molar-refractivity contribution in [2.45, 2.75) is 33.1 Å². The van der Waals surface area contributed by atoms with Gasteiger partial charge in [0.15, 0.2) is 0 Å². The van der Waals surface area contributed by atoms with E-state index in [4.69, 9.17) is 0 Å². The Bertz CT molecular complexity index is 336. The lowest BCUT2D eigenvalue weighted by molar-refractivity contribution is 0.510. The molecule has 0 aliphatic carbocycles. The zero-order valence-corrected chi connectivity index (χ0v) is 13.0. The molecule has 0 spiro atoms. The molecular formula is C16H27NS. The maximum absolute atomic E-state index is 3.61. The van der Waals surface area contributed by atoms with Crippen molar-refractivity contribution in [3.05, 3.63) is 35.4 Å². The Balaban J connectivity index is 2.62. The second kappa shape index (κ2) is 8.60. The van der Waals surface area contributed by atoms with Gasteiger partial charge in [-0.05, 0) is 54.9 Å². The lowest BCUT2D eigenvalue weighted by atomic mass is 9.92. The van der Waals surface area contributed by atoms with Gasteiger partial charge in [-0.2, -0.15) is 11.8 Å². The fourth-order valence-corrected chi connectivity index (χ4v) is 2.74. The quantitative estimate of drug-likeness (QED) is 0.760. The molecule has 0 heterocycles. The summed E-state index contributed by atoms with van der Waals surface area (Å²) in [5, 5.41) is 3.61. The second-order valence-corrected chi connectivity index (χ2v) is 6.37. The van der Waals surface area contributed by atoms with E-state index in [0.717, 1.165) is 19.0 Å². The molecule has 0 aliphatic rings. The van der Waals surface area contributed by atoms with Crippen LogP contribution in [0.4, 0.5) is 0 Å². The van der Waals surface area contributed by atoms with Crippen LogP contribution in [0.25, 0.3) is 0 Å². The summed E-state index contributed by atoms with van der Waals surface area (Å²) in [5.41, 5.74) is 2.94. The molecule has 0 bridgehead atoms. The van der Waals surface area contributed by atoms with Gasteiger partial charge in [0.05, 0.1) is 0 Å². The molecule has 0 saturated carbocycles. The molecule has 1 unspecified atom stereocenters. The Kier molecular flexibility index (Phi) is 7.45. The molecule has 0 radical (unpaired) electrons. The first kappa shape index (κ1) is 15.6. The molecule has 1 N–H and O–H groups in total. The van der Waals surface area contributed by atoms with Crippen LogP contribution in [-0.2, 0) is 0 Å². The first-order valence-corrected chi connectivity index (χ1v) is 8.29. The molecule has 0 aliphatic heterocycles. The highest BCUT2D eigenvalue weighted by atomic mass is 32.2. The van der Waals surface area contributed by atoms with Crippen LogP contribution >= 0.6 is 11.8 Å². The van der Waals surface area contributed by atoms with Crippen LogP contribution in [0, 0.1) is 12.8 Å². The molecule has 2 heteroatoms. The maximum Gasteiger partial charge on any atom is 0.00206 e. The van der Waals surface area contributed by atoms with Crippen LogP contribution < -0.4 is 5.32 Å². The Morgan fingerprint density at radius 1 is 1.17 bits per heavy atom. The van der Waals surface area contributed by atoms with E-state index >= 15 is 0 Å². The van der Waals surface area contributed by atoms with Crippen molar-refractivity contribution in [2.75, 3.05) is 25.1 Å². The maximum atomic E-state index is 3.61. The van der Waals surface area contributed by atoms with Gasteiger partial charge in [0.1, 0.15) is 0 Å². The first-order chi connectivity index (χ1) is 8.65. The lowest BCUT2D eigenvalue weighted by Gasteiger charge is -2.20. The molecule has 1 atom stereocenters. The van der Waals surface area contributed by atoms with Crippen molar-refractivity contribution >= 4 is 11.8 Å². The van der Waals surface area contributed by atoms with Gasteiger partial charge in [-0.1, -0.05) is 38.1 Å². The van der Waals surface area contributed by atoms with Gasteiger partial charge >= 0.3 is 0 Å². The molecule has 1 rings (SSSR count). The molecular weight excluding hydrogens is 238 g/mol. The highest BCUT2D eigenvalue weighted by molar-refractivity contribution is 7.98. The van der Waals surface area contributed by atoms with E-state index in [-0.39, 0.29) is 0 Å². The molecule has 1 nitrogen and oxygen atoms in total. The Morgan fingerprint density at radius 2 is 1.89 bits per heavy atom. The van der Waals surface area contributed by atoms with E-state index in [2.05, 4.69) is 56.6 Å². The van der Waals surface area contributed by atoms with Gasteiger partial charge in [-0.15, -0.1) is 0 Å². The molecule has 0 fully saturated rings. The van der Waals surface area contributed by atoms with Crippen LogP contribution in [0.15, 0.2) is 24.3 Å². The van der Waals surface area contributed by atoms with Crippen LogP contribution in [0.2, 0.25) is 0 Å². The summed E-state index contributed by atoms with van der Waals surface area (Å²) in [4.78, 5) is 0. The predicted molar refractivity (Wildman–Crippen MR) is 84.6 cm³/mol. The smallest absolute Gasteiger partial charge is 0.00206 e. The average molecular weight is 265 g/mol. The van der Waals surface area contributed by atoms with Crippen molar-refractivity contribution in [2.24, 2.45) is 5.92 Å². The Hall–Kier alpha value is -0.470. The minimum atomic E-state index is 0.650. The number of hydrogen-bond acceptors (Lipinski definition) is 2. The number of nitrogens with one attached hydrogen (secondary N) is 1. The highest BCUT2D eigenvalue weighted by Gasteiger charge is 2.13. The van der Waals surface area contributed by atoms with Crippen LogP contribution in [0.3, 0.4) is 0 Å². The minimum absolute atomic E-state index is 0.650. The highest BCUT2D eigenvalue weighted by Crippen LogP contribution is 2.23. The second-order valence-electron chi connectivity index (χ2n) is 5.39. The molecule has 0 saturated heterocycles. The predicted octanol–water partition coefficient (Wildman–Crippen LogP) is 4.08. The fraction of sp³-hybridized carbons (Fsp3) is 0.625.